The van der Waals surface area contributed by atoms with Crippen LogP contribution in [0.25, 0.3) is 0 Å². The van der Waals surface area contributed by atoms with Crippen LogP contribution in [0.1, 0.15) is 355 Å². The summed E-state index contributed by atoms with van der Waals surface area (Å²) in [5.41, 5.74) is 0. The number of hydrogen-bond acceptors (Lipinski definition) is 6. The lowest BCUT2D eigenvalue weighted by molar-refractivity contribution is -0.167. The van der Waals surface area contributed by atoms with E-state index in [1.54, 1.807) is 0 Å². The first-order valence-electron chi connectivity index (χ1n) is 33.1. The third-order valence-corrected chi connectivity index (χ3v) is 14.8. The maximum absolute atomic E-state index is 12.9. The first-order valence-corrected chi connectivity index (χ1v) is 33.1. The van der Waals surface area contributed by atoms with Crippen LogP contribution in [-0.4, -0.2) is 37.2 Å². The Bertz CT molecular complexity index is 1300. The normalized spacial score (nSPS) is 12.3. The van der Waals surface area contributed by atoms with Gasteiger partial charge in [0.1, 0.15) is 13.2 Å². The van der Waals surface area contributed by atoms with E-state index in [1.807, 2.05) is 0 Å². The second-order valence-corrected chi connectivity index (χ2v) is 22.4. The van der Waals surface area contributed by atoms with E-state index in [2.05, 4.69) is 69.4 Å². The Morgan fingerprint density at radius 2 is 0.480 bits per heavy atom. The molecule has 75 heavy (non-hydrogen) atoms. The van der Waals surface area contributed by atoms with Crippen LogP contribution in [0.4, 0.5) is 0 Å². The van der Waals surface area contributed by atoms with Gasteiger partial charge >= 0.3 is 17.9 Å². The number of carbonyl (C=O) groups excluding carboxylic acids is 3. The van der Waals surface area contributed by atoms with Crippen molar-refractivity contribution >= 4 is 17.9 Å². The monoisotopic (exact) mass is 1050 g/mol. The summed E-state index contributed by atoms with van der Waals surface area (Å²) in [5, 5.41) is 0. The van der Waals surface area contributed by atoms with Crippen molar-refractivity contribution < 1.29 is 28.6 Å². The molecule has 0 spiro atoms. The minimum absolute atomic E-state index is 0.0774. The molecule has 0 amide bonds. The number of carbonyl (C=O) groups is 3. The molecule has 1 atom stereocenters. The third-order valence-electron chi connectivity index (χ3n) is 14.8. The standard InChI is InChI=1S/C69H126O6/c1-4-7-10-13-16-19-22-25-28-31-33-34-35-36-37-39-41-44-47-50-53-56-59-62-68(71)74-65-66(64-73-67(70)61-58-55-52-49-46-43-40-30-27-24-21-18-15-12-9-6-3)75-69(72)63-60-57-54-51-48-45-42-38-32-29-26-23-20-17-14-11-8-5-2/h20-21,23-24,29-30,32,40,66H,4-19,22,25-28,31,33-39,41-65H2,1-3H3/b23-20-,24-21-,32-29-,40-30-. The van der Waals surface area contributed by atoms with Gasteiger partial charge in [0.25, 0.3) is 0 Å². The van der Waals surface area contributed by atoms with Crippen molar-refractivity contribution in [2.75, 3.05) is 13.2 Å². The highest BCUT2D eigenvalue weighted by molar-refractivity contribution is 5.71. The van der Waals surface area contributed by atoms with Crippen molar-refractivity contribution in [2.45, 2.75) is 361 Å². The number of rotatable bonds is 61. The summed E-state index contributed by atoms with van der Waals surface area (Å²) in [6.45, 7) is 6.65. The first-order chi connectivity index (χ1) is 37.0. The van der Waals surface area contributed by atoms with Crippen molar-refractivity contribution in [2.24, 2.45) is 0 Å². The molecule has 0 radical (unpaired) electrons. The maximum atomic E-state index is 12.9. The molecule has 0 aromatic rings. The van der Waals surface area contributed by atoms with Crippen LogP contribution in [0.15, 0.2) is 48.6 Å². The van der Waals surface area contributed by atoms with Crippen molar-refractivity contribution in [3.63, 3.8) is 0 Å². The van der Waals surface area contributed by atoms with E-state index in [9.17, 15) is 14.4 Å². The van der Waals surface area contributed by atoms with Gasteiger partial charge in [0.05, 0.1) is 0 Å². The lowest BCUT2D eigenvalue weighted by atomic mass is 10.0. The summed E-state index contributed by atoms with van der Waals surface area (Å²) in [5.74, 6) is -0.877. The summed E-state index contributed by atoms with van der Waals surface area (Å²) in [6.07, 6.45) is 79.8. The second kappa shape index (κ2) is 63.9. The van der Waals surface area contributed by atoms with Gasteiger partial charge in [0.2, 0.25) is 0 Å². The Labute approximate surface area is 467 Å². The molecular formula is C69H126O6. The molecular weight excluding hydrogens is 925 g/mol. The van der Waals surface area contributed by atoms with E-state index < -0.39 is 6.10 Å². The smallest absolute Gasteiger partial charge is 0.306 e. The Morgan fingerprint density at radius 3 is 0.747 bits per heavy atom. The zero-order valence-corrected chi connectivity index (χ0v) is 50.3. The molecule has 6 heteroatoms. The molecule has 0 aromatic carbocycles. The van der Waals surface area contributed by atoms with E-state index in [4.69, 9.17) is 14.2 Å². The largest absolute Gasteiger partial charge is 0.462 e. The van der Waals surface area contributed by atoms with Gasteiger partial charge in [-0.15, -0.1) is 0 Å². The summed E-state index contributed by atoms with van der Waals surface area (Å²) < 4.78 is 16.9. The van der Waals surface area contributed by atoms with Crippen LogP contribution in [0.3, 0.4) is 0 Å². The van der Waals surface area contributed by atoms with E-state index >= 15 is 0 Å². The molecule has 0 bridgehead atoms. The van der Waals surface area contributed by atoms with E-state index in [1.165, 1.54) is 225 Å². The maximum Gasteiger partial charge on any atom is 0.306 e. The molecule has 438 valence electrons. The van der Waals surface area contributed by atoms with Crippen LogP contribution in [-0.2, 0) is 28.6 Å². The van der Waals surface area contributed by atoms with Gasteiger partial charge in [-0.25, -0.2) is 0 Å². The molecule has 0 heterocycles. The Kier molecular flexibility index (Phi) is 61.7. The third kappa shape index (κ3) is 62.1. The lowest BCUT2D eigenvalue weighted by Gasteiger charge is -2.18. The number of allylic oxidation sites excluding steroid dienone is 8. The quantitative estimate of drug-likeness (QED) is 0.0261. The van der Waals surface area contributed by atoms with Gasteiger partial charge in [-0.05, 0) is 83.5 Å². The SMILES string of the molecule is CCCCCC/C=C\C/C=C\CCCCCCCCCC(=O)OC(COC(=O)CCCCCCC/C=C\C/C=C\CCCCCC)COC(=O)CCCCCCCCCCCCCCCCCCCCCCCCC. The molecule has 0 aliphatic heterocycles. The van der Waals surface area contributed by atoms with Crippen LogP contribution in [0.2, 0.25) is 0 Å². The Hall–Kier alpha value is -2.63. The van der Waals surface area contributed by atoms with Gasteiger partial charge < -0.3 is 14.2 Å². The molecule has 0 saturated heterocycles. The molecule has 6 nitrogen and oxygen atoms in total. The highest BCUT2D eigenvalue weighted by atomic mass is 16.6. The highest BCUT2D eigenvalue weighted by Crippen LogP contribution is 2.18. The summed E-state index contributed by atoms with van der Waals surface area (Å²) in [7, 11) is 0. The van der Waals surface area contributed by atoms with Gasteiger partial charge in [-0.2, -0.15) is 0 Å². The average molecular weight is 1050 g/mol. The van der Waals surface area contributed by atoms with Gasteiger partial charge in [0, 0.05) is 19.3 Å². The minimum atomic E-state index is -0.783. The fourth-order valence-electron chi connectivity index (χ4n) is 9.80. The topological polar surface area (TPSA) is 78.9 Å². The number of ether oxygens (including phenoxy) is 3. The Balaban J connectivity index is 4.32. The molecule has 0 aliphatic carbocycles. The molecule has 0 fully saturated rings. The summed E-state index contributed by atoms with van der Waals surface area (Å²) in [4.78, 5) is 38.4. The lowest BCUT2D eigenvalue weighted by Crippen LogP contribution is -2.30. The van der Waals surface area contributed by atoms with Crippen LogP contribution >= 0.6 is 0 Å². The van der Waals surface area contributed by atoms with Crippen molar-refractivity contribution in [1.29, 1.82) is 0 Å². The Morgan fingerprint density at radius 1 is 0.267 bits per heavy atom. The molecule has 0 aliphatic rings. The molecule has 1 unspecified atom stereocenters. The van der Waals surface area contributed by atoms with Crippen LogP contribution < -0.4 is 0 Å². The minimum Gasteiger partial charge on any atom is -0.462 e. The molecule has 0 rings (SSSR count). The number of esters is 3. The molecule has 0 saturated carbocycles. The van der Waals surface area contributed by atoms with Gasteiger partial charge in [-0.1, -0.05) is 301 Å². The summed E-state index contributed by atoms with van der Waals surface area (Å²) >= 11 is 0. The fourth-order valence-corrected chi connectivity index (χ4v) is 9.80. The average Bonchev–Trinajstić information content (AvgIpc) is 3.41. The second-order valence-electron chi connectivity index (χ2n) is 22.4. The van der Waals surface area contributed by atoms with Crippen LogP contribution in [0, 0.1) is 0 Å². The number of hydrogen-bond donors (Lipinski definition) is 0. The molecule has 0 aromatic heterocycles. The number of unbranched alkanes of at least 4 members (excludes halogenated alkanes) is 42. The first kappa shape index (κ1) is 72.4. The van der Waals surface area contributed by atoms with E-state index in [0.29, 0.717) is 19.3 Å². The van der Waals surface area contributed by atoms with Crippen molar-refractivity contribution in [1.82, 2.24) is 0 Å². The zero-order chi connectivity index (χ0) is 54.3. The highest BCUT2D eigenvalue weighted by Gasteiger charge is 2.19. The van der Waals surface area contributed by atoms with E-state index in [0.717, 1.165) is 89.9 Å². The molecule has 0 N–H and O–H groups in total. The predicted octanol–water partition coefficient (Wildman–Crippen LogP) is 22.6. The van der Waals surface area contributed by atoms with Crippen molar-refractivity contribution in [3.05, 3.63) is 48.6 Å². The van der Waals surface area contributed by atoms with E-state index in [-0.39, 0.29) is 31.1 Å². The van der Waals surface area contributed by atoms with Crippen LogP contribution in [0.5, 0.6) is 0 Å². The fraction of sp³-hybridized carbons (Fsp3) is 0.841. The van der Waals surface area contributed by atoms with Gasteiger partial charge in [0.15, 0.2) is 6.10 Å². The summed E-state index contributed by atoms with van der Waals surface area (Å²) in [6, 6.07) is 0. The van der Waals surface area contributed by atoms with Crippen molar-refractivity contribution in [3.8, 4) is 0 Å². The van der Waals surface area contributed by atoms with Gasteiger partial charge in [-0.3, -0.25) is 14.4 Å². The zero-order valence-electron chi connectivity index (χ0n) is 50.3. The predicted molar refractivity (Wildman–Crippen MR) is 325 cm³/mol.